The average Bonchev–Trinajstić information content (AvgIpc) is 2.78. The molecule has 0 heterocycles. The number of esters is 1. The highest BCUT2D eigenvalue weighted by molar-refractivity contribution is 6.02. The van der Waals surface area contributed by atoms with Crippen molar-refractivity contribution in [2.24, 2.45) is 11.8 Å². The molecule has 0 fully saturated rings. The molecule has 1 amide bonds. The number of ketones is 1. The van der Waals surface area contributed by atoms with Crippen LogP contribution in [0.2, 0.25) is 0 Å². The number of rotatable bonds is 8. The molecule has 1 aliphatic carbocycles. The van der Waals surface area contributed by atoms with Crippen LogP contribution in [0.25, 0.3) is 0 Å². The third kappa shape index (κ3) is 5.72. The summed E-state index contributed by atoms with van der Waals surface area (Å²) in [5.41, 5.74) is 2.67. The lowest BCUT2D eigenvalue weighted by Crippen LogP contribution is -2.46. The maximum absolute atomic E-state index is 12.9. The summed E-state index contributed by atoms with van der Waals surface area (Å²) in [7, 11) is 1.29. The molecule has 1 N–H and O–H groups in total. The maximum atomic E-state index is 12.9. The molecule has 2 atom stereocenters. The molecule has 0 saturated carbocycles. The van der Waals surface area contributed by atoms with Gasteiger partial charge in [-0.3, -0.25) is 9.59 Å². The van der Waals surface area contributed by atoms with E-state index in [1.54, 1.807) is 12.1 Å². The Morgan fingerprint density at radius 3 is 2.55 bits per heavy atom. The standard InChI is InChI=1S/C25H29NO5/c1-16(2)23(25(29)30-3)26-22(27)14-19-10-9-18-13-20(11-12-21(18)24(19)28)31-15-17-7-5-4-6-8-17/h4-8,11-13,16,19,23H,9-10,14-15H2,1-3H3,(H,26,27)/t19?,23-/m0/s1. The van der Waals surface area contributed by atoms with E-state index in [-0.39, 0.29) is 24.0 Å². The Balaban J connectivity index is 1.61. The van der Waals surface area contributed by atoms with Gasteiger partial charge in [-0.2, -0.15) is 0 Å². The Bertz CT molecular complexity index is 938. The zero-order chi connectivity index (χ0) is 22.4. The fraction of sp³-hybridized carbons (Fsp3) is 0.400. The van der Waals surface area contributed by atoms with E-state index in [1.807, 2.05) is 50.2 Å². The number of fused-ring (bicyclic) bond motifs is 1. The predicted molar refractivity (Wildman–Crippen MR) is 117 cm³/mol. The number of methoxy groups -OCH3 is 1. The van der Waals surface area contributed by atoms with Crippen molar-refractivity contribution < 1.29 is 23.9 Å². The fourth-order valence-corrected chi connectivity index (χ4v) is 3.80. The Labute approximate surface area is 182 Å². The van der Waals surface area contributed by atoms with Gasteiger partial charge >= 0.3 is 5.97 Å². The molecule has 0 radical (unpaired) electrons. The molecule has 1 aliphatic rings. The number of carbonyl (C=O) groups excluding carboxylic acids is 3. The molecular formula is C25H29NO5. The topological polar surface area (TPSA) is 81.7 Å². The minimum Gasteiger partial charge on any atom is -0.489 e. The van der Waals surface area contributed by atoms with Crippen LogP contribution in [0.5, 0.6) is 5.75 Å². The van der Waals surface area contributed by atoms with Crippen molar-refractivity contribution in [3.63, 3.8) is 0 Å². The van der Waals surface area contributed by atoms with E-state index in [2.05, 4.69) is 5.32 Å². The van der Waals surface area contributed by atoms with Gasteiger partial charge < -0.3 is 14.8 Å². The normalized spacial score (nSPS) is 16.4. The second-order valence-corrected chi connectivity index (χ2v) is 8.21. The molecule has 0 aromatic heterocycles. The summed E-state index contributed by atoms with van der Waals surface area (Å²) < 4.78 is 10.6. The van der Waals surface area contributed by atoms with Gasteiger partial charge in [-0.15, -0.1) is 0 Å². The molecule has 164 valence electrons. The van der Waals surface area contributed by atoms with E-state index >= 15 is 0 Å². The van der Waals surface area contributed by atoms with Crippen LogP contribution in [-0.4, -0.2) is 30.8 Å². The second kappa shape index (κ2) is 10.2. The van der Waals surface area contributed by atoms with Gasteiger partial charge in [-0.25, -0.2) is 4.79 Å². The van der Waals surface area contributed by atoms with E-state index in [1.165, 1.54) is 7.11 Å². The number of ether oxygens (including phenoxy) is 2. The molecule has 0 bridgehead atoms. The molecule has 3 rings (SSSR count). The molecular weight excluding hydrogens is 394 g/mol. The zero-order valence-corrected chi connectivity index (χ0v) is 18.2. The molecule has 2 aromatic carbocycles. The van der Waals surface area contributed by atoms with Crippen LogP contribution in [0, 0.1) is 11.8 Å². The Morgan fingerprint density at radius 1 is 1.13 bits per heavy atom. The zero-order valence-electron chi connectivity index (χ0n) is 18.2. The van der Waals surface area contributed by atoms with Crippen molar-refractivity contribution in [1.82, 2.24) is 5.32 Å². The van der Waals surface area contributed by atoms with Crippen molar-refractivity contribution in [3.05, 3.63) is 65.2 Å². The summed E-state index contributed by atoms with van der Waals surface area (Å²) in [5.74, 6) is -0.599. The van der Waals surface area contributed by atoms with E-state index in [4.69, 9.17) is 9.47 Å². The summed E-state index contributed by atoms with van der Waals surface area (Å²) in [6.45, 7) is 4.14. The summed E-state index contributed by atoms with van der Waals surface area (Å²) in [6.07, 6.45) is 1.35. The summed E-state index contributed by atoms with van der Waals surface area (Å²) in [6, 6.07) is 14.7. The van der Waals surface area contributed by atoms with E-state index in [0.29, 0.717) is 25.0 Å². The number of hydrogen-bond acceptors (Lipinski definition) is 5. The number of nitrogens with one attached hydrogen (secondary N) is 1. The van der Waals surface area contributed by atoms with Gasteiger partial charge in [0.15, 0.2) is 5.78 Å². The fourth-order valence-electron chi connectivity index (χ4n) is 3.80. The monoisotopic (exact) mass is 423 g/mol. The van der Waals surface area contributed by atoms with E-state index < -0.39 is 17.9 Å². The summed E-state index contributed by atoms with van der Waals surface area (Å²) >= 11 is 0. The minimum atomic E-state index is -0.715. The van der Waals surface area contributed by atoms with Crippen molar-refractivity contribution in [3.8, 4) is 5.75 Å². The van der Waals surface area contributed by atoms with Crippen molar-refractivity contribution in [2.75, 3.05) is 7.11 Å². The molecule has 0 aliphatic heterocycles. The van der Waals surface area contributed by atoms with Gasteiger partial charge in [0.05, 0.1) is 7.11 Å². The van der Waals surface area contributed by atoms with Crippen LogP contribution in [-0.2, 0) is 27.4 Å². The number of hydrogen-bond donors (Lipinski definition) is 1. The number of benzene rings is 2. The smallest absolute Gasteiger partial charge is 0.328 e. The van der Waals surface area contributed by atoms with Gasteiger partial charge in [-0.1, -0.05) is 44.2 Å². The van der Waals surface area contributed by atoms with Gasteiger partial charge in [-0.05, 0) is 48.1 Å². The lowest BCUT2D eigenvalue weighted by atomic mass is 9.81. The van der Waals surface area contributed by atoms with Crippen LogP contribution in [0.1, 0.15) is 48.2 Å². The first-order valence-corrected chi connectivity index (χ1v) is 10.6. The lowest BCUT2D eigenvalue weighted by Gasteiger charge is -2.25. The predicted octanol–water partition coefficient (Wildman–Crippen LogP) is 3.71. The van der Waals surface area contributed by atoms with Crippen LogP contribution >= 0.6 is 0 Å². The van der Waals surface area contributed by atoms with Crippen molar-refractivity contribution >= 4 is 17.7 Å². The van der Waals surface area contributed by atoms with Crippen molar-refractivity contribution in [2.45, 2.75) is 45.8 Å². The minimum absolute atomic E-state index is 0.0369. The second-order valence-electron chi connectivity index (χ2n) is 8.21. The number of Topliss-reactive ketones (excluding diaryl/α,β-unsaturated/α-hetero) is 1. The van der Waals surface area contributed by atoms with Gasteiger partial charge in [0.2, 0.25) is 5.91 Å². The van der Waals surface area contributed by atoms with Crippen molar-refractivity contribution in [1.29, 1.82) is 0 Å². The van der Waals surface area contributed by atoms with Crippen LogP contribution < -0.4 is 10.1 Å². The summed E-state index contributed by atoms with van der Waals surface area (Å²) in [5, 5.41) is 2.71. The van der Waals surface area contributed by atoms with E-state index in [9.17, 15) is 14.4 Å². The highest BCUT2D eigenvalue weighted by atomic mass is 16.5. The number of aryl methyl sites for hydroxylation is 1. The molecule has 6 heteroatoms. The molecule has 0 saturated heterocycles. The largest absolute Gasteiger partial charge is 0.489 e. The lowest BCUT2D eigenvalue weighted by molar-refractivity contribution is -0.146. The maximum Gasteiger partial charge on any atom is 0.328 e. The molecule has 0 spiro atoms. The first-order valence-electron chi connectivity index (χ1n) is 10.6. The number of amides is 1. The molecule has 6 nitrogen and oxygen atoms in total. The van der Waals surface area contributed by atoms with Crippen LogP contribution in [0.4, 0.5) is 0 Å². The Hall–Kier alpha value is -3.15. The number of carbonyl (C=O) groups is 3. The highest BCUT2D eigenvalue weighted by Crippen LogP contribution is 2.30. The summed E-state index contributed by atoms with van der Waals surface area (Å²) in [4.78, 5) is 37.3. The third-order valence-corrected chi connectivity index (χ3v) is 5.59. The quantitative estimate of drug-likeness (QED) is 0.655. The molecule has 2 aromatic rings. The third-order valence-electron chi connectivity index (χ3n) is 5.59. The van der Waals surface area contributed by atoms with Crippen LogP contribution in [0.15, 0.2) is 48.5 Å². The Kier molecular flexibility index (Phi) is 7.45. The van der Waals surface area contributed by atoms with E-state index in [0.717, 1.165) is 16.9 Å². The van der Waals surface area contributed by atoms with Gasteiger partial charge in [0.1, 0.15) is 18.4 Å². The molecule has 31 heavy (non-hydrogen) atoms. The average molecular weight is 424 g/mol. The SMILES string of the molecule is COC(=O)[C@@H](NC(=O)CC1CCc2cc(OCc3ccccc3)ccc2C1=O)C(C)C. The first kappa shape index (κ1) is 22.5. The van der Waals surface area contributed by atoms with Gasteiger partial charge in [0.25, 0.3) is 0 Å². The Morgan fingerprint density at radius 2 is 1.87 bits per heavy atom. The molecule has 1 unspecified atom stereocenters. The highest BCUT2D eigenvalue weighted by Gasteiger charge is 2.31. The van der Waals surface area contributed by atoms with Crippen LogP contribution in [0.3, 0.4) is 0 Å². The van der Waals surface area contributed by atoms with Gasteiger partial charge in [0, 0.05) is 17.9 Å². The first-order chi connectivity index (χ1) is 14.9.